The SMILES string of the molecule is CC/C=C\C/C=C\C/C=C\C/C=C\C/C=C\C/C=C\CCCCCCCCCCC(=O)OCC(O)COP(=O)(O)OCC(O)COP(=O)(O)OCC(COC(=O)CCCCCCCC/C=C\C/C=C\C/C=C\C/C=C\C/C=C\C/C=C\CC)OC(=O)CCCCCCCC/C=C\C/C=C\C/C=C\C/C=C\CC. The Labute approximate surface area is 648 Å². The second-order valence-electron chi connectivity index (χ2n) is 26.4. The average Bonchev–Trinajstić information content (AvgIpc) is 0.903. The zero-order valence-corrected chi connectivity index (χ0v) is 68.0. The summed E-state index contributed by atoms with van der Waals surface area (Å²) in [4.78, 5) is 58.8. The zero-order chi connectivity index (χ0) is 78.0. The molecule has 0 saturated heterocycles. The van der Waals surface area contributed by atoms with Crippen LogP contribution in [0.4, 0.5) is 0 Å². The third kappa shape index (κ3) is 81.2. The molecule has 0 amide bonds. The molecule has 107 heavy (non-hydrogen) atoms. The highest BCUT2D eigenvalue weighted by Gasteiger charge is 2.29. The molecule has 0 aliphatic heterocycles. The molecule has 16 nitrogen and oxygen atoms in total. The number of rotatable bonds is 75. The Morgan fingerprint density at radius 3 is 0.738 bits per heavy atom. The van der Waals surface area contributed by atoms with Gasteiger partial charge in [0, 0.05) is 19.3 Å². The zero-order valence-electron chi connectivity index (χ0n) is 66.2. The molecule has 606 valence electrons. The lowest BCUT2D eigenvalue weighted by Gasteiger charge is -2.21. The molecule has 0 aromatic rings. The fourth-order valence-electron chi connectivity index (χ4n) is 10.2. The van der Waals surface area contributed by atoms with Gasteiger partial charge in [0.2, 0.25) is 0 Å². The van der Waals surface area contributed by atoms with Crippen LogP contribution in [0.2, 0.25) is 0 Å². The third-order valence-electron chi connectivity index (χ3n) is 16.3. The van der Waals surface area contributed by atoms with E-state index in [1.54, 1.807) is 0 Å². The molecule has 0 radical (unpaired) electrons. The first-order valence-corrected chi connectivity index (χ1v) is 43.7. The molecular formula is C89H144O16P2. The molecular weight excluding hydrogens is 1390 g/mol. The molecule has 0 aliphatic carbocycles. The van der Waals surface area contributed by atoms with E-state index in [1.807, 2.05) is 0 Å². The predicted octanol–water partition coefficient (Wildman–Crippen LogP) is 24.3. The molecule has 0 saturated carbocycles. The molecule has 0 aromatic carbocycles. The monoisotopic (exact) mass is 1530 g/mol. The molecule has 0 aromatic heterocycles. The summed E-state index contributed by atoms with van der Waals surface area (Å²) in [7, 11) is -9.82. The van der Waals surface area contributed by atoms with E-state index < -0.39 is 91.5 Å². The molecule has 5 atom stereocenters. The van der Waals surface area contributed by atoms with Crippen LogP contribution in [-0.2, 0) is 55.8 Å². The molecule has 0 bridgehead atoms. The van der Waals surface area contributed by atoms with Gasteiger partial charge in [-0.15, -0.1) is 0 Å². The van der Waals surface area contributed by atoms with Crippen molar-refractivity contribution in [3.8, 4) is 0 Å². The van der Waals surface area contributed by atoms with Gasteiger partial charge in [-0.05, 0) is 161 Å². The van der Waals surface area contributed by atoms with Crippen LogP contribution in [-0.4, -0.2) is 95.9 Å². The average molecular weight is 1530 g/mol. The fourth-order valence-corrected chi connectivity index (χ4v) is 11.8. The largest absolute Gasteiger partial charge is 0.472 e. The van der Waals surface area contributed by atoms with E-state index in [2.05, 4.69) is 215 Å². The minimum Gasteiger partial charge on any atom is -0.463 e. The molecule has 5 unspecified atom stereocenters. The number of hydrogen-bond donors (Lipinski definition) is 4. The number of phosphoric ester groups is 2. The molecule has 0 fully saturated rings. The maximum Gasteiger partial charge on any atom is 0.472 e. The van der Waals surface area contributed by atoms with E-state index in [1.165, 1.54) is 19.3 Å². The highest BCUT2D eigenvalue weighted by molar-refractivity contribution is 7.47. The number of aliphatic hydroxyl groups excluding tert-OH is 2. The number of ether oxygens (including phenoxy) is 3. The number of unbranched alkanes of at least 4 members (excludes halogenated alkanes) is 20. The highest BCUT2D eigenvalue weighted by Crippen LogP contribution is 2.45. The van der Waals surface area contributed by atoms with E-state index >= 15 is 0 Å². The van der Waals surface area contributed by atoms with Crippen LogP contribution in [0.15, 0.2) is 194 Å². The predicted molar refractivity (Wildman–Crippen MR) is 444 cm³/mol. The van der Waals surface area contributed by atoms with Gasteiger partial charge in [-0.1, -0.05) is 305 Å². The lowest BCUT2D eigenvalue weighted by atomic mass is 10.1. The first kappa shape index (κ1) is 101. The lowest BCUT2D eigenvalue weighted by molar-refractivity contribution is -0.161. The van der Waals surface area contributed by atoms with Crippen molar-refractivity contribution in [1.82, 2.24) is 0 Å². The van der Waals surface area contributed by atoms with Crippen LogP contribution in [0.3, 0.4) is 0 Å². The number of allylic oxidation sites excluding steroid dienone is 32. The molecule has 0 spiro atoms. The van der Waals surface area contributed by atoms with E-state index in [9.17, 15) is 43.5 Å². The molecule has 0 aliphatic rings. The van der Waals surface area contributed by atoms with Crippen LogP contribution in [0.5, 0.6) is 0 Å². The standard InChI is InChI=1S/C89H144O16P2/c1-4-7-10-13-16-19-22-25-28-31-34-36-38-40-41-43-45-46-49-51-54-57-60-63-66-69-72-75-87(92)99-78-84(90)79-101-106(95,96)102-80-85(91)81-103-107(97,98)104-83-86(105-89(94)77-74-71-68-65-62-59-56-53-48-33-30-27-24-21-18-15-12-9-6-3)82-100-88(93)76-73-70-67-64-61-58-55-52-50-47-44-42-39-37-35-32-29-26-23-20-17-14-11-8-5-2/h7-12,16-21,25-30,34-37,40-42,44-46,48,50,52-53,84-86,90-91H,4-6,13-15,22-24,31-33,38-39,43,47,49,51,54-83H2,1-3H3,(H,95,96)(H,97,98)/b10-7-,11-8-,12-9-,19-16-,20-17-,21-18-,28-25-,29-26-,30-27-,36-34-,37-35-,41-40-,44-42-,46-45-,52-50-,53-48-. The van der Waals surface area contributed by atoms with Gasteiger partial charge < -0.3 is 34.2 Å². The number of carbonyl (C=O) groups excluding carboxylic acids is 3. The van der Waals surface area contributed by atoms with E-state index in [0.717, 1.165) is 212 Å². The Bertz CT molecular complexity index is 2720. The Morgan fingerprint density at radius 1 is 0.262 bits per heavy atom. The summed E-state index contributed by atoms with van der Waals surface area (Å²) < 4.78 is 61.2. The van der Waals surface area contributed by atoms with Crippen molar-refractivity contribution in [3.63, 3.8) is 0 Å². The summed E-state index contributed by atoms with van der Waals surface area (Å²) in [5.41, 5.74) is 0. The van der Waals surface area contributed by atoms with Gasteiger partial charge in [0.15, 0.2) is 6.10 Å². The number of esters is 3. The van der Waals surface area contributed by atoms with Crippen LogP contribution in [0.25, 0.3) is 0 Å². The van der Waals surface area contributed by atoms with Crippen LogP contribution < -0.4 is 0 Å². The summed E-state index contributed by atoms with van der Waals surface area (Å²) in [6, 6.07) is 0. The summed E-state index contributed by atoms with van der Waals surface area (Å²) in [5.74, 6) is -1.63. The lowest BCUT2D eigenvalue weighted by Crippen LogP contribution is -2.30. The van der Waals surface area contributed by atoms with Gasteiger partial charge in [-0.3, -0.25) is 32.5 Å². The van der Waals surface area contributed by atoms with Crippen molar-refractivity contribution >= 4 is 33.6 Å². The second-order valence-corrected chi connectivity index (χ2v) is 29.3. The van der Waals surface area contributed by atoms with Crippen molar-refractivity contribution in [2.75, 3.05) is 39.6 Å². The number of phosphoric acid groups is 2. The number of carbonyl (C=O) groups is 3. The van der Waals surface area contributed by atoms with Gasteiger partial charge >= 0.3 is 33.6 Å². The molecule has 18 heteroatoms. The van der Waals surface area contributed by atoms with Crippen LogP contribution >= 0.6 is 15.6 Å². The second kappa shape index (κ2) is 79.9. The summed E-state index contributed by atoms with van der Waals surface area (Å²) in [6.45, 7) is 2.28. The molecule has 0 heterocycles. The van der Waals surface area contributed by atoms with Gasteiger partial charge in [0.1, 0.15) is 25.4 Å². The smallest absolute Gasteiger partial charge is 0.463 e. The highest BCUT2D eigenvalue weighted by atomic mass is 31.2. The van der Waals surface area contributed by atoms with Gasteiger partial charge in [0.05, 0.1) is 26.4 Å². The quantitative estimate of drug-likeness (QED) is 0.0146. The summed E-state index contributed by atoms with van der Waals surface area (Å²) >= 11 is 0. The topological polar surface area (TPSA) is 231 Å². The Hall–Kier alpha value is -5.61. The van der Waals surface area contributed by atoms with Gasteiger partial charge in [-0.2, -0.15) is 0 Å². The first-order valence-electron chi connectivity index (χ1n) is 40.7. The Kier molecular flexibility index (Phi) is 75.7. The number of hydrogen-bond acceptors (Lipinski definition) is 14. The van der Waals surface area contributed by atoms with E-state index in [-0.39, 0.29) is 19.3 Å². The van der Waals surface area contributed by atoms with Gasteiger partial charge in [-0.25, -0.2) is 9.13 Å². The van der Waals surface area contributed by atoms with Crippen molar-refractivity contribution in [2.45, 2.75) is 309 Å². The van der Waals surface area contributed by atoms with E-state index in [4.69, 9.17) is 32.3 Å². The van der Waals surface area contributed by atoms with Crippen molar-refractivity contribution in [3.05, 3.63) is 194 Å². The van der Waals surface area contributed by atoms with Crippen LogP contribution in [0.1, 0.15) is 290 Å². The minimum atomic E-state index is -4.95. The minimum absolute atomic E-state index is 0.0768. The Morgan fingerprint density at radius 2 is 0.467 bits per heavy atom. The summed E-state index contributed by atoms with van der Waals surface area (Å²) in [5, 5.41) is 20.7. The van der Waals surface area contributed by atoms with Crippen molar-refractivity contribution in [1.29, 1.82) is 0 Å². The fraction of sp³-hybridized carbons (Fsp3) is 0.607. The normalized spacial score (nSPS) is 14.9. The molecule has 0 rings (SSSR count). The third-order valence-corrected chi connectivity index (χ3v) is 18.2. The summed E-state index contributed by atoms with van der Waals surface area (Å²) in [6.07, 6.45) is 105. The first-order chi connectivity index (χ1) is 52.2. The number of aliphatic hydroxyl groups is 2. The van der Waals surface area contributed by atoms with Gasteiger partial charge in [0.25, 0.3) is 0 Å². The van der Waals surface area contributed by atoms with Crippen molar-refractivity contribution in [2.24, 2.45) is 0 Å². The molecule has 4 N–H and O–H groups in total. The Balaban J connectivity index is 4.70. The van der Waals surface area contributed by atoms with Crippen molar-refractivity contribution < 1.29 is 75.8 Å². The maximum absolute atomic E-state index is 13.0. The van der Waals surface area contributed by atoms with Crippen LogP contribution in [0, 0.1) is 0 Å². The van der Waals surface area contributed by atoms with E-state index in [0.29, 0.717) is 19.3 Å². The maximum atomic E-state index is 13.0.